The molecule has 0 aliphatic carbocycles. The molecule has 0 bridgehead atoms. The van der Waals surface area contributed by atoms with E-state index < -0.39 is 23.3 Å². The number of carbonyl (C=O) groups excluding carboxylic acids is 1. The first kappa shape index (κ1) is 19.1. The van der Waals surface area contributed by atoms with Gasteiger partial charge >= 0.3 is 5.97 Å². The summed E-state index contributed by atoms with van der Waals surface area (Å²) in [6.07, 6.45) is 0.107. The minimum atomic E-state index is -1.82. The maximum atomic E-state index is 12.3. The number of aliphatic hydroxyl groups is 1. The second-order valence-electron chi connectivity index (χ2n) is 6.34. The Bertz CT molecular complexity index is 741. The predicted molar refractivity (Wildman–Crippen MR) is 96.6 cm³/mol. The van der Waals surface area contributed by atoms with Gasteiger partial charge in [0.05, 0.1) is 7.11 Å². The lowest BCUT2D eigenvalue weighted by Gasteiger charge is -2.45. The summed E-state index contributed by atoms with van der Waals surface area (Å²) < 4.78 is 4.85. The summed E-state index contributed by atoms with van der Waals surface area (Å²) >= 11 is 12.0. The van der Waals surface area contributed by atoms with Crippen LogP contribution < -0.4 is 0 Å². The zero-order chi connectivity index (χ0) is 18.9. The first-order chi connectivity index (χ1) is 12.3. The molecule has 0 aromatic heterocycles. The van der Waals surface area contributed by atoms with Crippen molar-refractivity contribution in [3.05, 3.63) is 69.7 Å². The summed E-state index contributed by atoms with van der Waals surface area (Å²) in [5, 5.41) is 11.6. The molecule has 5 nitrogen and oxygen atoms in total. The monoisotopic (exact) mass is 396 g/mol. The molecular weight excluding hydrogens is 379 g/mol. The van der Waals surface area contributed by atoms with E-state index in [4.69, 9.17) is 37.7 Å². The quantitative estimate of drug-likeness (QED) is 0.625. The number of rotatable bonds is 3. The fraction of sp³-hybridized carbons (Fsp3) is 0.316. The van der Waals surface area contributed by atoms with Gasteiger partial charge in [-0.1, -0.05) is 47.5 Å². The normalized spacial score (nSPS) is 24.9. The SMILES string of the molecule is COC(=O)C1CC(c2ccc(Cl)cc2)(c2ccc(Cl)cc2)OOC1(C)O. The molecule has 1 heterocycles. The van der Waals surface area contributed by atoms with E-state index in [0.717, 1.165) is 0 Å². The van der Waals surface area contributed by atoms with Crippen LogP contribution in [0.1, 0.15) is 24.5 Å². The molecule has 1 saturated heterocycles. The molecule has 2 atom stereocenters. The third kappa shape index (κ3) is 3.46. The highest BCUT2D eigenvalue weighted by Gasteiger charge is 2.54. The maximum absolute atomic E-state index is 12.3. The van der Waals surface area contributed by atoms with Gasteiger partial charge < -0.3 is 9.84 Å². The van der Waals surface area contributed by atoms with Crippen molar-refractivity contribution in [1.29, 1.82) is 0 Å². The van der Waals surface area contributed by atoms with Gasteiger partial charge in [0.25, 0.3) is 0 Å². The Labute approximate surface area is 161 Å². The maximum Gasteiger partial charge on any atom is 0.314 e. The van der Waals surface area contributed by atoms with E-state index in [0.29, 0.717) is 21.2 Å². The number of benzene rings is 2. The Morgan fingerprint density at radius 3 is 1.92 bits per heavy atom. The average molecular weight is 397 g/mol. The van der Waals surface area contributed by atoms with Crippen LogP contribution in [0.5, 0.6) is 0 Å². The molecule has 0 spiro atoms. The fourth-order valence-electron chi connectivity index (χ4n) is 3.11. The number of esters is 1. The highest BCUT2D eigenvalue weighted by atomic mass is 35.5. The van der Waals surface area contributed by atoms with Crippen LogP contribution in [0, 0.1) is 5.92 Å². The van der Waals surface area contributed by atoms with Crippen molar-refractivity contribution >= 4 is 29.2 Å². The molecule has 0 saturated carbocycles. The van der Waals surface area contributed by atoms with Gasteiger partial charge in [0.15, 0.2) is 5.60 Å². The van der Waals surface area contributed by atoms with E-state index in [-0.39, 0.29) is 6.42 Å². The summed E-state index contributed by atoms with van der Waals surface area (Å²) in [6, 6.07) is 14.0. The molecule has 2 unspecified atom stereocenters. The lowest BCUT2D eigenvalue weighted by atomic mass is 9.76. The van der Waals surface area contributed by atoms with Crippen molar-refractivity contribution in [2.45, 2.75) is 24.7 Å². The molecule has 3 rings (SSSR count). The van der Waals surface area contributed by atoms with Gasteiger partial charge in [-0.05, 0) is 42.3 Å². The van der Waals surface area contributed by atoms with E-state index in [2.05, 4.69) is 0 Å². The smallest absolute Gasteiger partial charge is 0.314 e. The van der Waals surface area contributed by atoms with Gasteiger partial charge in [-0.15, -0.1) is 0 Å². The van der Waals surface area contributed by atoms with Gasteiger partial charge in [-0.3, -0.25) is 4.79 Å². The molecule has 1 aliphatic heterocycles. The average Bonchev–Trinajstić information content (AvgIpc) is 2.63. The van der Waals surface area contributed by atoms with E-state index in [9.17, 15) is 9.90 Å². The van der Waals surface area contributed by atoms with E-state index in [1.807, 2.05) is 0 Å². The Hall–Kier alpha value is -1.63. The third-order valence-electron chi connectivity index (χ3n) is 4.60. The first-order valence-electron chi connectivity index (χ1n) is 7.97. The number of hydrogen-bond donors (Lipinski definition) is 1. The molecule has 2 aromatic rings. The zero-order valence-corrected chi connectivity index (χ0v) is 15.8. The Balaban J connectivity index is 2.13. The molecule has 1 fully saturated rings. The lowest BCUT2D eigenvalue weighted by Crippen LogP contribution is -2.53. The molecule has 1 aliphatic rings. The second-order valence-corrected chi connectivity index (χ2v) is 7.21. The van der Waals surface area contributed by atoms with Crippen LogP contribution in [0.4, 0.5) is 0 Å². The summed E-state index contributed by atoms with van der Waals surface area (Å²) in [5.74, 6) is -3.38. The van der Waals surface area contributed by atoms with Crippen molar-refractivity contribution in [3.8, 4) is 0 Å². The largest absolute Gasteiger partial charge is 0.469 e. The molecule has 138 valence electrons. The number of halogens is 2. The Kier molecular flexibility index (Phi) is 5.28. The van der Waals surface area contributed by atoms with E-state index in [1.165, 1.54) is 14.0 Å². The zero-order valence-electron chi connectivity index (χ0n) is 14.2. The summed E-state index contributed by atoms with van der Waals surface area (Å²) in [7, 11) is 1.26. The minimum Gasteiger partial charge on any atom is -0.469 e. The molecule has 1 N–H and O–H groups in total. The molecule has 2 aromatic carbocycles. The number of methoxy groups -OCH3 is 1. The van der Waals surface area contributed by atoms with Crippen molar-refractivity contribution < 1.29 is 24.4 Å². The lowest BCUT2D eigenvalue weighted by molar-refractivity contribution is -0.489. The molecule has 26 heavy (non-hydrogen) atoms. The van der Waals surface area contributed by atoms with Gasteiger partial charge in [0.1, 0.15) is 5.92 Å². The fourth-order valence-corrected chi connectivity index (χ4v) is 3.36. The highest BCUT2D eigenvalue weighted by molar-refractivity contribution is 6.30. The molecular formula is C19H18Cl2O5. The van der Waals surface area contributed by atoms with Crippen molar-refractivity contribution in [3.63, 3.8) is 0 Å². The summed E-state index contributed by atoms with van der Waals surface area (Å²) in [5.41, 5.74) is 0.290. The number of hydrogen-bond acceptors (Lipinski definition) is 5. The summed E-state index contributed by atoms with van der Waals surface area (Å²) in [4.78, 5) is 23.3. The third-order valence-corrected chi connectivity index (χ3v) is 5.10. The molecule has 0 radical (unpaired) electrons. The Morgan fingerprint density at radius 2 is 1.50 bits per heavy atom. The standard InChI is InChI=1S/C19H18Cl2O5/c1-18(23)16(17(22)24-2)11-19(26-25-18,12-3-7-14(20)8-4-12)13-5-9-15(21)10-6-13/h3-10,16,23H,11H2,1-2H3. The number of carbonyl (C=O) groups is 1. The van der Waals surface area contributed by atoms with Crippen molar-refractivity contribution in [2.75, 3.05) is 7.11 Å². The van der Waals surface area contributed by atoms with Crippen LogP contribution in [0.15, 0.2) is 48.5 Å². The number of ether oxygens (including phenoxy) is 1. The molecule has 0 amide bonds. The topological polar surface area (TPSA) is 65.0 Å². The second kappa shape index (κ2) is 7.18. The molecule has 7 heteroatoms. The van der Waals surface area contributed by atoms with Gasteiger partial charge in [-0.25, -0.2) is 4.89 Å². The van der Waals surface area contributed by atoms with Crippen LogP contribution in [-0.2, 0) is 24.9 Å². The van der Waals surface area contributed by atoms with Crippen molar-refractivity contribution in [1.82, 2.24) is 0 Å². The predicted octanol–water partition coefficient (Wildman–Crippen LogP) is 4.09. The summed E-state index contributed by atoms with van der Waals surface area (Å²) in [6.45, 7) is 1.36. The van der Waals surface area contributed by atoms with E-state index in [1.54, 1.807) is 48.5 Å². The van der Waals surface area contributed by atoms with Crippen LogP contribution in [0.2, 0.25) is 10.0 Å². The van der Waals surface area contributed by atoms with Crippen LogP contribution in [0.3, 0.4) is 0 Å². The van der Waals surface area contributed by atoms with E-state index >= 15 is 0 Å². The van der Waals surface area contributed by atoms with Gasteiger partial charge in [0, 0.05) is 16.5 Å². The van der Waals surface area contributed by atoms with Crippen LogP contribution in [0.25, 0.3) is 0 Å². The highest BCUT2D eigenvalue weighted by Crippen LogP contribution is 2.47. The van der Waals surface area contributed by atoms with Gasteiger partial charge in [-0.2, -0.15) is 4.89 Å². The minimum absolute atomic E-state index is 0.107. The van der Waals surface area contributed by atoms with Crippen molar-refractivity contribution in [2.24, 2.45) is 5.92 Å². The van der Waals surface area contributed by atoms with Crippen LogP contribution in [-0.4, -0.2) is 24.0 Å². The first-order valence-corrected chi connectivity index (χ1v) is 8.73. The van der Waals surface area contributed by atoms with Gasteiger partial charge in [0.2, 0.25) is 5.79 Å². The Morgan fingerprint density at radius 1 is 1.04 bits per heavy atom. The van der Waals surface area contributed by atoms with Crippen LogP contribution >= 0.6 is 23.2 Å².